The molecule has 0 saturated carbocycles. The average Bonchev–Trinajstić information content (AvgIpc) is 2.51. The maximum absolute atomic E-state index is 10.3. The zero-order valence-electron chi connectivity index (χ0n) is 9.50. The summed E-state index contributed by atoms with van der Waals surface area (Å²) in [4.78, 5) is 2.31. The Balaban J connectivity index is 2.07. The predicted octanol–water partition coefficient (Wildman–Crippen LogP) is 3.38. The van der Waals surface area contributed by atoms with Gasteiger partial charge in [0, 0.05) is 20.3 Å². The summed E-state index contributed by atoms with van der Waals surface area (Å²) in [5, 5.41) is 13.8. The van der Waals surface area contributed by atoms with Gasteiger partial charge in [0.25, 0.3) is 0 Å². The number of aliphatic hydroxyl groups is 1. The van der Waals surface area contributed by atoms with Gasteiger partial charge in [-0.1, -0.05) is 12.8 Å². The highest BCUT2D eigenvalue weighted by atomic mass is 79.9. The van der Waals surface area contributed by atoms with Crippen LogP contribution < -0.4 is 5.32 Å². The van der Waals surface area contributed by atoms with E-state index in [4.69, 9.17) is 0 Å². The summed E-state index contributed by atoms with van der Waals surface area (Å²) in [5.41, 5.74) is 0. The van der Waals surface area contributed by atoms with Gasteiger partial charge in [0.15, 0.2) is 0 Å². The smallest absolute Gasteiger partial charge is 0.103 e. The molecule has 2 N–H and O–H groups in total. The van der Waals surface area contributed by atoms with E-state index in [-0.39, 0.29) is 12.1 Å². The Labute approximate surface area is 109 Å². The maximum Gasteiger partial charge on any atom is 0.103 e. The zero-order valence-corrected chi connectivity index (χ0v) is 11.9. The lowest BCUT2D eigenvalue weighted by Crippen LogP contribution is -2.33. The second kappa shape index (κ2) is 5.63. The predicted molar refractivity (Wildman–Crippen MR) is 72.0 cm³/mol. The summed E-state index contributed by atoms with van der Waals surface area (Å²) in [6, 6.07) is 2.28. The molecule has 2 rings (SSSR count). The molecule has 1 aromatic heterocycles. The molecule has 0 amide bonds. The van der Waals surface area contributed by atoms with Crippen molar-refractivity contribution in [2.75, 3.05) is 6.54 Å². The van der Waals surface area contributed by atoms with Gasteiger partial charge < -0.3 is 10.4 Å². The monoisotopic (exact) mass is 303 g/mol. The molecular weight excluding hydrogens is 286 g/mol. The second-order valence-electron chi connectivity index (χ2n) is 4.41. The number of hydrogen-bond donors (Lipinski definition) is 2. The number of rotatable bonds is 2. The third-order valence-electron chi connectivity index (χ3n) is 3.15. The van der Waals surface area contributed by atoms with Crippen molar-refractivity contribution in [2.45, 2.75) is 44.8 Å². The summed E-state index contributed by atoms with van der Waals surface area (Å²) in [5.74, 6) is 0. The molecule has 2 nitrogen and oxygen atoms in total. The summed E-state index contributed by atoms with van der Waals surface area (Å²) >= 11 is 5.19. The molecule has 0 radical (unpaired) electrons. The van der Waals surface area contributed by atoms with Crippen LogP contribution >= 0.6 is 27.3 Å². The molecule has 0 aromatic carbocycles. The van der Waals surface area contributed by atoms with Crippen LogP contribution in [0.15, 0.2) is 10.5 Å². The van der Waals surface area contributed by atoms with Gasteiger partial charge >= 0.3 is 0 Å². The lowest BCUT2D eigenvalue weighted by molar-refractivity contribution is 0.129. The van der Waals surface area contributed by atoms with Crippen LogP contribution in [0.4, 0.5) is 0 Å². The topological polar surface area (TPSA) is 32.3 Å². The first kappa shape index (κ1) is 12.6. The minimum atomic E-state index is -0.354. The molecule has 1 saturated heterocycles. The molecule has 1 fully saturated rings. The Morgan fingerprint density at radius 2 is 2.31 bits per heavy atom. The molecule has 0 bridgehead atoms. The lowest BCUT2D eigenvalue weighted by Gasteiger charge is -2.21. The normalized spacial score (nSPS) is 24.1. The van der Waals surface area contributed by atoms with Gasteiger partial charge in [-0.25, -0.2) is 0 Å². The Bertz CT molecular complexity index is 325. The molecule has 1 aliphatic heterocycles. The van der Waals surface area contributed by atoms with E-state index in [1.54, 1.807) is 11.3 Å². The fraction of sp³-hybridized carbons (Fsp3) is 0.667. The fourth-order valence-corrected chi connectivity index (χ4v) is 3.76. The highest BCUT2D eigenvalue weighted by Gasteiger charge is 2.23. The molecule has 90 valence electrons. The van der Waals surface area contributed by atoms with Crippen molar-refractivity contribution in [3.8, 4) is 0 Å². The van der Waals surface area contributed by atoms with Crippen molar-refractivity contribution in [1.82, 2.24) is 5.32 Å². The van der Waals surface area contributed by atoms with Gasteiger partial charge in [0.05, 0.1) is 0 Å². The molecule has 4 heteroatoms. The van der Waals surface area contributed by atoms with E-state index in [1.807, 2.05) is 0 Å². The van der Waals surface area contributed by atoms with Crippen molar-refractivity contribution < 1.29 is 5.11 Å². The SMILES string of the molecule is Cc1sc(C(O)C2CCCCCN2)cc1Br. The first-order valence-electron chi connectivity index (χ1n) is 5.86. The number of thiophene rings is 1. The van der Waals surface area contributed by atoms with E-state index >= 15 is 0 Å². The Hall–Kier alpha value is 0.100. The van der Waals surface area contributed by atoms with Gasteiger partial charge in [-0.2, -0.15) is 0 Å². The van der Waals surface area contributed by atoms with E-state index in [0.29, 0.717) is 0 Å². The molecule has 1 aromatic rings. The van der Waals surface area contributed by atoms with Crippen LogP contribution in [0.25, 0.3) is 0 Å². The number of halogens is 1. The summed E-state index contributed by atoms with van der Waals surface area (Å²) in [6.45, 7) is 3.11. The van der Waals surface area contributed by atoms with Crippen LogP contribution in [-0.2, 0) is 0 Å². The summed E-state index contributed by atoms with van der Waals surface area (Å²) < 4.78 is 1.11. The lowest BCUT2D eigenvalue weighted by atomic mass is 10.0. The fourth-order valence-electron chi connectivity index (χ4n) is 2.15. The zero-order chi connectivity index (χ0) is 11.5. The largest absolute Gasteiger partial charge is 0.386 e. The van der Waals surface area contributed by atoms with Crippen molar-refractivity contribution in [3.05, 3.63) is 20.3 Å². The first-order chi connectivity index (χ1) is 7.68. The van der Waals surface area contributed by atoms with Crippen molar-refractivity contribution >= 4 is 27.3 Å². The highest BCUT2D eigenvalue weighted by molar-refractivity contribution is 9.10. The van der Waals surface area contributed by atoms with Gasteiger partial charge in [-0.15, -0.1) is 11.3 Å². The van der Waals surface area contributed by atoms with Crippen LogP contribution in [-0.4, -0.2) is 17.7 Å². The van der Waals surface area contributed by atoms with Crippen molar-refractivity contribution in [2.24, 2.45) is 0 Å². The number of aryl methyl sites for hydroxylation is 1. The van der Waals surface area contributed by atoms with E-state index in [1.165, 1.54) is 24.1 Å². The third kappa shape index (κ3) is 2.86. The van der Waals surface area contributed by atoms with Gasteiger partial charge in [0.1, 0.15) is 6.10 Å². The van der Waals surface area contributed by atoms with Gasteiger partial charge in [-0.05, 0) is 48.3 Å². The Morgan fingerprint density at radius 3 is 3.00 bits per heavy atom. The minimum Gasteiger partial charge on any atom is -0.386 e. The first-order valence-corrected chi connectivity index (χ1v) is 7.46. The number of hydrogen-bond acceptors (Lipinski definition) is 3. The second-order valence-corrected chi connectivity index (χ2v) is 6.55. The molecule has 2 atom stereocenters. The Kier molecular flexibility index (Phi) is 4.41. The van der Waals surface area contributed by atoms with Gasteiger partial charge in [0.2, 0.25) is 0 Å². The van der Waals surface area contributed by atoms with Crippen LogP contribution in [0, 0.1) is 6.92 Å². The van der Waals surface area contributed by atoms with Gasteiger partial charge in [-0.3, -0.25) is 0 Å². The molecule has 0 spiro atoms. The van der Waals surface area contributed by atoms with E-state index in [9.17, 15) is 5.11 Å². The van der Waals surface area contributed by atoms with Crippen LogP contribution in [0.3, 0.4) is 0 Å². The van der Waals surface area contributed by atoms with E-state index in [0.717, 1.165) is 22.3 Å². The third-order valence-corrected chi connectivity index (χ3v) is 5.35. The maximum atomic E-state index is 10.3. The highest BCUT2D eigenvalue weighted by Crippen LogP contribution is 2.33. The Morgan fingerprint density at radius 1 is 1.50 bits per heavy atom. The van der Waals surface area contributed by atoms with E-state index < -0.39 is 0 Å². The number of aliphatic hydroxyl groups excluding tert-OH is 1. The standard InChI is InChI=1S/C12H18BrNOS/c1-8-9(13)7-11(16-8)12(15)10-5-3-2-4-6-14-10/h7,10,12,14-15H,2-6H2,1H3. The van der Waals surface area contributed by atoms with Crippen LogP contribution in [0.5, 0.6) is 0 Å². The van der Waals surface area contributed by atoms with E-state index in [2.05, 4.69) is 34.2 Å². The van der Waals surface area contributed by atoms with Crippen molar-refractivity contribution in [3.63, 3.8) is 0 Å². The molecule has 1 aliphatic rings. The quantitative estimate of drug-likeness (QED) is 0.878. The molecule has 2 unspecified atom stereocenters. The molecule has 0 aliphatic carbocycles. The average molecular weight is 304 g/mol. The molecule has 2 heterocycles. The molecular formula is C12H18BrNOS. The van der Waals surface area contributed by atoms with Crippen LogP contribution in [0.1, 0.15) is 41.5 Å². The molecule has 16 heavy (non-hydrogen) atoms. The number of nitrogens with one attached hydrogen (secondary N) is 1. The summed E-state index contributed by atoms with van der Waals surface area (Å²) in [7, 11) is 0. The minimum absolute atomic E-state index is 0.229. The van der Waals surface area contributed by atoms with Crippen molar-refractivity contribution in [1.29, 1.82) is 0 Å². The van der Waals surface area contributed by atoms with Crippen LogP contribution in [0.2, 0.25) is 0 Å². The summed E-state index contributed by atoms with van der Waals surface area (Å²) in [6.07, 6.45) is 4.46.